The maximum absolute atomic E-state index is 13.5. The Hall–Kier alpha value is -3.03. The number of pyridine rings is 1. The highest BCUT2D eigenvalue weighted by molar-refractivity contribution is 9.10. The van der Waals surface area contributed by atoms with Gasteiger partial charge in [-0.15, -0.1) is 11.3 Å². The standard InChI is InChI=1S/C25H20BrN3O2S/c26-15-7-5-6-14(12-15)20-13-18(16-8-1-3-10-19(16)28-20)24(31)29-25-22(23(27)30)17-9-2-4-11-21(17)32-25/h1,3,5-8,10,12-13H,2,4,9,11H2,(H2,27,30)(H,29,31). The quantitative estimate of drug-likeness (QED) is 0.359. The smallest absolute Gasteiger partial charge is 0.257 e. The van der Waals surface area contributed by atoms with E-state index in [4.69, 9.17) is 10.7 Å². The van der Waals surface area contributed by atoms with E-state index >= 15 is 0 Å². The number of carbonyl (C=O) groups excluding carboxylic acids is 2. The fourth-order valence-electron chi connectivity index (χ4n) is 4.24. The molecule has 2 amide bonds. The molecule has 0 spiro atoms. The van der Waals surface area contributed by atoms with Gasteiger partial charge in [-0.3, -0.25) is 9.59 Å². The van der Waals surface area contributed by atoms with Crippen molar-refractivity contribution in [2.75, 3.05) is 5.32 Å². The highest BCUT2D eigenvalue weighted by Crippen LogP contribution is 2.38. The van der Waals surface area contributed by atoms with Crippen LogP contribution in [0.3, 0.4) is 0 Å². The van der Waals surface area contributed by atoms with Crippen LogP contribution in [0.15, 0.2) is 59.1 Å². The molecule has 160 valence electrons. The Morgan fingerprint density at radius 3 is 2.66 bits per heavy atom. The van der Waals surface area contributed by atoms with Gasteiger partial charge < -0.3 is 11.1 Å². The van der Waals surface area contributed by atoms with Gasteiger partial charge in [0.2, 0.25) is 0 Å². The highest BCUT2D eigenvalue weighted by Gasteiger charge is 2.26. The van der Waals surface area contributed by atoms with Crippen molar-refractivity contribution in [3.63, 3.8) is 0 Å². The molecule has 32 heavy (non-hydrogen) atoms. The summed E-state index contributed by atoms with van der Waals surface area (Å²) in [6.07, 6.45) is 3.86. The van der Waals surface area contributed by atoms with Gasteiger partial charge in [0.1, 0.15) is 5.00 Å². The number of hydrogen-bond donors (Lipinski definition) is 2. The average Bonchev–Trinajstić information content (AvgIpc) is 3.16. The number of carbonyl (C=O) groups is 2. The molecule has 0 bridgehead atoms. The van der Waals surface area contributed by atoms with Crippen LogP contribution in [0.25, 0.3) is 22.2 Å². The monoisotopic (exact) mass is 505 g/mol. The number of primary amides is 1. The number of aromatic nitrogens is 1. The van der Waals surface area contributed by atoms with Crippen molar-refractivity contribution < 1.29 is 9.59 Å². The summed E-state index contributed by atoms with van der Waals surface area (Å²) in [5, 5.41) is 4.29. The van der Waals surface area contributed by atoms with Gasteiger partial charge in [-0.1, -0.05) is 46.3 Å². The van der Waals surface area contributed by atoms with Gasteiger partial charge in [0.15, 0.2) is 0 Å². The lowest BCUT2D eigenvalue weighted by atomic mass is 9.95. The fraction of sp³-hybridized carbons (Fsp3) is 0.160. The van der Waals surface area contributed by atoms with Gasteiger partial charge in [-0.2, -0.15) is 0 Å². The van der Waals surface area contributed by atoms with Crippen LogP contribution in [-0.4, -0.2) is 16.8 Å². The number of aryl methyl sites for hydroxylation is 1. The second-order valence-electron chi connectivity index (χ2n) is 7.82. The Morgan fingerprint density at radius 2 is 1.84 bits per heavy atom. The molecule has 0 atom stereocenters. The Labute approximate surface area is 197 Å². The molecule has 0 unspecified atom stereocenters. The first-order valence-corrected chi connectivity index (χ1v) is 12.0. The minimum atomic E-state index is -0.492. The summed E-state index contributed by atoms with van der Waals surface area (Å²) in [4.78, 5) is 31.6. The minimum Gasteiger partial charge on any atom is -0.365 e. The topological polar surface area (TPSA) is 85.1 Å². The number of halogens is 1. The zero-order valence-corrected chi connectivity index (χ0v) is 19.6. The molecule has 2 aromatic heterocycles. The number of rotatable bonds is 4. The minimum absolute atomic E-state index is 0.277. The molecule has 0 saturated carbocycles. The van der Waals surface area contributed by atoms with E-state index in [2.05, 4.69) is 21.2 Å². The lowest BCUT2D eigenvalue weighted by Crippen LogP contribution is -2.19. The Kier molecular flexibility index (Phi) is 5.53. The third-order valence-corrected chi connectivity index (χ3v) is 7.43. The zero-order valence-electron chi connectivity index (χ0n) is 17.2. The number of nitrogens with one attached hydrogen (secondary N) is 1. The molecule has 0 aliphatic heterocycles. The lowest BCUT2D eigenvalue weighted by Gasteiger charge is -2.12. The number of fused-ring (bicyclic) bond motifs is 2. The lowest BCUT2D eigenvalue weighted by molar-refractivity contribution is 0.100. The molecule has 2 heterocycles. The average molecular weight is 506 g/mol. The third-order valence-electron chi connectivity index (χ3n) is 5.73. The van der Waals surface area contributed by atoms with Crippen molar-refractivity contribution in [1.29, 1.82) is 0 Å². The zero-order chi connectivity index (χ0) is 22.2. The van der Waals surface area contributed by atoms with Crippen LogP contribution in [0.1, 0.15) is 44.0 Å². The highest BCUT2D eigenvalue weighted by atomic mass is 79.9. The number of benzene rings is 2. The van der Waals surface area contributed by atoms with Crippen LogP contribution in [0.2, 0.25) is 0 Å². The van der Waals surface area contributed by atoms with Crippen LogP contribution in [-0.2, 0) is 12.8 Å². The normalized spacial score (nSPS) is 13.0. The summed E-state index contributed by atoms with van der Waals surface area (Å²) in [6.45, 7) is 0. The van der Waals surface area contributed by atoms with Crippen molar-refractivity contribution >= 4 is 55.0 Å². The third kappa shape index (κ3) is 3.82. The van der Waals surface area contributed by atoms with Crippen molar-refractivity contribution in [2.24, 2.45) is 5.73 Å². The molecule has 0 radical (unpaired) electrons. The first kappa shape index (κ1) is 20.8. The van der Waals surface area contributed by atoms with Crippen molar-refractivity contribution in [1.82, 2.24) is 4.98 Å². The number of para-hydroxylation sites is 1. The van der Waals surface area contributed by atoms with E-state index in [1.165, 1.54) is 11.3 Å². The van der Waals surface area contributed by atoms with E-state index in [-0.39, 0.29) is 5.91 Å². The van der Waals surface area contributed by atoms with Crippen LogP contribution >= 0.6 is 27.3 Å². The van der Waals surface area contributed by atoms with E-state index in [0.29, 0.717) is 21.8 Å². The number of hydrogen-bond acceptors (Lipinski definition) is 4. The first-order chi connectivity index (χ1) is 15.5. The molecule has 4 aromatic rings. The predicted molar refractivity (Wildman–Crippen MR) is 132 cm³/mol. The number of thiophene rings is 1. The molecular formula is C25H20BrN3O2S. The van der Waals surface area contributed by atoms with Crippen LogP contribution < -0.4 is 11.1 Å². The van der Waals surface area contributed by atoms with Gasteiger partial charge in [0.05, 0.1) is 22.3 Å². The Morgan fingerprint density at radius 1 is 1.03 bits per heavy atom. The van der Waals surface area contributed by atoms with E-state index in [1.807, 2.05) is 48.5 Å². The van der Waals surface area contributed by atoms with Gasteiger partial charge in [-0.25, -0.2) is 4.98 Å². The second kappa shape index (κ2) is 8.48. The summed E-state index contributed by atoms with van der Waals surface area (Å²) < 4.78 is 0.936. The Bertz CT molecular complexity index is 1380. The SMILES string of the molecule is NC(=O)c1c(NC(=O)c2cc(-c3cccc(Br)c3)nc3ccccc23)sc2c1CCCC2. The van der Waals surface area contributed by atoms with Crippen molar-refractivity contribution in [3.8, 4) is 11.3 Å². The van der Waals surface area contributed by atoms with E-state index in [1.54, 1.807) is 6.07 Å². The Balaban J connectivity index is 1.60. The van der Waals surface area contributed by atoms with Crippen LogP contribution in [0.4, 0.5) is 5.00 Å². The van der Waals surface area contributed by atoms with E-state index in [9.17, 15) is 9.59 Å². The van der Waals surface area contributed by atoms with Gasteiger partial charge in [-0.05, 0) is 55.5 Å². The van der Waals surface area contributed by atoms with Gasteiger partial charge in [0.25, 0.3) is 11.8 Å². The molecule has 0 fully saturated rings. The molecule has 2 aromatic carbocycles. The fourth-order valence-corrected chi connectivity index (χ4v) is 5.93. The molecule has 0 saturated heterocycles. The molecule has 5 rings (SSSR count). The van der Waals surface area contributed by atoms with Gasteiger partial charge >= 0.3 is 0 Å². The van der Waals surface area contributed by atoms with Gasteiger partial charge in [0, 0.05) is 20.3 Å². The molecule has 1 aliphatic carbocycles. The van der Waals surface area contributed by atoms with Crippen LogP contribution in [0, 0.1) is 0 Å². The summed E-state index contributed by atoms with van der Waals surface area (Å²) in [5.41, 5.74) is 10.0. The summed E-state index contributed by atoms with van der Waals surface area (Å²) in [7, 11) is 0. The number of amides is 2. The van der Waals surface area contributed by atoms with E-state index in [0.717, 1.165) is 57.1 Å². The first-order valence-electron chi connectivity index (χ1n) is 10.4. The molecule has 1 aliphatic rings. The largest absolute Gasteiger partial charge is 0.365 e. The molecule has 7 heteroatoms. The predicted octanol–water partition coefficient (Wildman–Crippen LogP) is 5.96. The maximum atomic E-state index is 13.5. The summed E-state index contributed by atoms with van der Waals surface area (Å²) in [6, 6.07) is 17.2. The number of nitrogens with zero attached hydrogens (tertiary/aromatic N) is 1. The van der Waals surface area contributed by atoms with E-state index < -0.39 is 5.91 Å². The summed E-state index contributed by atoms with van der Waals surface area (Å²) >= 11 is 4.97. The van der Waals surface area contributed by atoms with Crippen LogP contribution in [0.5, 0.6) is 0 Å². The summed E-state index contributed by atoms with van der Waals surface area (Å²) in [5.74, 6) is -0.768. The number of nitrogens with two attached hydrogens (primary N) is 1. The number of anilines is 1. The van der Waals surface area contributed by atoms with Crippen molar-refractivity contribution in [2.45, 2.75) is 25.7 Å². The molecule has 3 N–H and O–H groups in total. The second-order valence-corrected chi connectivity index (χ2v) is 9.84. The van der Waals surface area contributed by atoms with Crippen molar-refractivity contribution in [3.05, 3.63) is 80.6 Å². The molecule has 5 nitrogen and oxygen atoms in total. The maximum Gasteiger partial charge on any atom is 0.257 e. The molecular weight excluding hydrogens is 486 g/mol.